The molecule has 2 aromatic rings. The molecular weight excluding hydrogens is 392 g/mol. The molecular formula is C22H25ClN2O4. The summed E-state index contributed by atoms with van der Waals surface area (Å²) in [5.74, 6) is 0.797. The first kappa shape index (κ1) is 21.0. The topological polar surface area (TPSA) is 60.0 Å². The Morgan fingerprint density at radius 3 is 2.76 bits per heavy atom. The monoisotopic (exact) mass is 416 g/mol. The number of carbonyl (C=O) groups is 1. The van der Waals surface area contributed by atoms with Crippen LogP contribution >= 0.6 is 11.6 Å². The Morgan fingerprint density at radius 1 is 1.28 bits per heavy atom. The molecule has 1 N–H and O–H groups in total. The van der Waals surface area contributed by atoms with Crippen LogP contribution in [0.15, 0.2) is 42.5 Å². The molecule has 0 atom stereocenters. The maximum absolute atomic E-state index is 12.5. The molecule has 1 heterocycles. The normalized spacial score (nSPS) is 14.1. The highest BCUT2D eigenvalue weighted by molar-refractivity contribution is 6.32. The molecule has 2 aromatic carbocycles. The Labute approximate surface area is 176 Å². The van der Waals surface area contributed by atoms with Crippen molar-refractivity contribution in [2.24, 2.45) is 0 Å². The number of anilines is 2. The van der Waals surface area contributed by atoms with Gasteiger partial charge in [0, 0.05) is 19.2 Å². The van der Waals surface area contributed by atoms with Crippen molar-refractivity contribution >= 4 is 35.0 Å². The molecule has 0 radical (unpaired) electrons. The van der Waals surface area contributed by atoms with Crippen molar-refractivity contribution in [1.82, 2.24) is 0 Å². The maximum Gasteiger partial charge on any atom is 0.248 e. The van der Waals surface area contributed by atoms with E-state index in [1.54, 1.807) is 25.3 Å². The number of rotatable bonds is 7. The zero-order valence-electron chi connectivity index (χ0n) is 16.6. The summed E-state index contributed by atoms with van der Waals surface area (Å²) < 4.78 is 16.3. The van der Waals surface area contributed by atoms with Crippen LogP contribution < -0.4 is 19.7 Å². The minimum absolute atomic E-state index is 0.226. The van der Waals surface area contributed by atoms with E-state index in [0.29, 0.717) is 36.3 Å². The van der Waals surface area contributed by atoms with Gasteiger partial charge in [-0.2, -0.15) is 0 Å². The molecule has 3 rings (SSSR count). The number of halogens is 1. The Hall–Kier alpha value is -2.70. The fourth-order valence-electron chi connectivity index (χ4n) is 3.15. The van der Waals surface area contributed by atoms with Crippen LogP contribution in [-0.2, 0) is 9.53 Å². The number of hydrogen-bond donors (Lipinski definition) is 1. The molecule has 1 amide bonds. The molecule has 1 aliphatic rings. The number of morpholine rings is 1. The molecule has 0 aromatic heterocycles. The van der Waals surface area contributed by atoms with Crippen molar-refractivity contribution in [3.63, 3.8) is 0 Å². The Bertz CT molecular complexity index is 879. The smallest absolute Gasteiger partial charge is 0.248 e. The number of carbonyl (C=O) groups excluding carboxylic acids is 1. The van der Waals surface area contributed by atoms with Crippen LogP contribution in [0.4, 0.5) is 11.4 Å². The molecule has 1 fully saturated rings. The highest BCUT2D eigenvalue weighted by Gasteiger charge is 2.15. The van der Waals surface area contributed by atoms with Crippen LogP contribution in [0.3, 0.4) is 0 Å². The summed E-state index contributed by atoms with van der Waals surface area (Å²) in [5, 5.41) is 3.38. The summed E-state index contributed by atoms with van der Waals surface area (Å²) in [6.45, 7) is 5.33. The third kappa shape index (κ3) is 5.43. The third-order valence-corrected chi connectivity index (χ3v) is 4.76. The second kappa shape index (κ2) is 10.2. The first-order valence-corrected chi connectivity index (χ1v) is 9.91. The van der Waals surface area contributed by atoms with E-state index in [9.17, 15) is 4.79 Å². The molecule has 1 saturated heterocycles. The van der Waals surface area contributed by atoms with E-state index in [4.69, 9.17) is 25.8 Å². The lowest BCUT2D eigenvalue weighted by atomic mass is 10.1. The quantitative estimate of drug-likeness (QED) is 0.684. The minimum Gasteiger partial charge on any atom is -0.491 e. The Balaban J connectivity index is 1.74. The molecule has 1 aliphatic heterocycles. The van der Waals surface area contributed by atoms with Crippen molar-refractivity contribution in [1.29, 1.82) is 0 Å². The molecule has 0 unspecified atom stereocenters. The summed E-state index contributed by atoms with van der Waals surface area (Å²) in [6, 6.07) is 11.3. The Morgan fingerprint density at radius 2 is 2.03 bits per heavy atom. The highest BCUT2D eigenvalue weighted by Crippen LogP contribution is 2.36. The molecule has 0 aliphatic carbocycles. The van der Waals surface area contributed by atoms with Crippen LogP contribution in [0.25, 0.3) is 6.08 Å². The van der Waals surface area contributed by atoms with Gasteiger partial charge in [-0.15, -0.1) is 0 Å². The number of amides is 1. The summed E-state index contributed by atoms with van der Waals surface area (Å²) in [6.07, 6.45) is 3.17. The molecule has 154 valence electrons. The van der Waals surface area contributed by atoms with Gasteiger partial charge in [0.2, 0.25) is 5.91 Å². The SMILES string of the molecule is CCOc1cc(/C=C/C(=O)Nc2ccccc2N2CCOCC2)cc(Cl)c1OC. The summed E-state index contributed by atoms with van der Waals surface area (Å²) in [7, 11) is 1.54. The largest absolute Gasteiger partial charge is 0.491 e. The number of hydrogen-bond acceptors (Lipinski definition) is 5. The standard InChI is InChI=1S/C22H25ClN2O4/c1-3-29-20-15-16(14-17(23)22(20)27-2)8-9-21(26)24-18-6-4-5-7-19(18)25-10-12-28-13-11-25/h4-9,14-15H,3,10-13H2,1-2H3,(H,24,26)/b9-8+. The van der Waals surface area contributed by atoms with Crippen molar-refractivity contribution < 1.29 is 19.0 Å². The van der Waals surface area contributed by atoms with Gasteiger partial charge in [0.25, 0.3) is 0 Å². The van der Waals surface area contributed by atoms with E-state index in [-0.39, 0.29) is 5.91 Å². The average Bonchev–Trinajstić information content (AvgIpc) is 2.73. The number of benzene rings is 2. The van der Waals surface area contributed by atoms with Gasteiger partial charge in [0.15, 0.2) is 11.5 Å². The van der Waals surface area contributed by atoms with Crippen molar-refractivity contribution in [2.45, 2.75) is 6.92 Å². The van der Waals surface area contributed by atoms with E-state index >= 15 is 0 Å². The van der Waals surface area contributed by atoms with Gasteiger partial charge < -0.3 is 24.4 Å². The lowest BCUT2D eigenvalue weighted by Gasteiger charge is -2.30. The van der Waals surface area contributed by atoms with Crippen molar-refractivity contribution in [3.8, 4) is 11.5 Å². The average molecular weight is 417 g/mol. The molecule has 6 nitrogen and oxygen atoms in total. The molecule has 7 heteroatoms. The van der Waals surface area contributed by atoms with E-state index in [2.05, 4.69) is 10.2 Å². The lowest BCUT2D eigenvalue weighted by molar-refractivity contribution is -0.111. The van der Waals surface area contributed by atoms with Crippen LogP contribution in [0.1, 0.15) is 12.5 Å². The first-order valence-electron chi connectivity index (χ1n) is 9.53. The minimum atomic E-state index is -0.226. The second-order valence-corrected chi connectivity index (χ2v) is 6.81. The van der Waals surface area contributed by atoms with Crippen molar-refractivity contribution in [3.05, 3.63) is 53.1 Å². The van der Waals surface area contributed by atoms with E-state index < -0.39 is 0 Å². The van der Waals surface area contributed by atoms with E-state index in [1.165, 1.54) is 6.08 Å². The predicted molar refractivity (Wildman–Crippen MR) is 116 cm³/mol. The van der Waals surface area contributed by atoms with Gasteiger partial charge in [-0.1, -0.05) is 23.7 Å². The van der Waals surface area contributed by atoms with Crippen molar-refractivity contribution in [2.75, 3.05) is 50.2 Å². The van der Waals surface area contributed by atoms with Gasteiger partial charge in [0.1, 0.15) is 0 Å². The van der Waals surface area contributed by atoms with Gasteiger partial charge in [0.05, 0.1) is 43.3 Å². The number of para-hydroxylation sites is 2. The van der Waals surface area contributed by atoms with Gasteiger partial charge >= 0.3 is 0 Å². The van der Waals surface area contributed by atoms with Gasteiger partial charge in [-0.3, -0.25) is 4.79 Å². The summed E-state index contributed by atoms with van der Waals surface area (Å²) in [5.41, 5.74) is 2.51. The predicted octanol–water partition coefficient (Wildman–Crippen LogP) is 4.24. The van der Waals surface area contributed by atoms with Gasteiger partial charge in [-0.25, -0.2) is 0 Å². The maximum atomic E-state index is 12.5. The third-order valence-electron chi connectivity index (χ3n) is 4.48. The molecule has 0 spiro atoms. The number of methoxy groups -OCH3 is 1. The summed E-state index contributed by atoms with van der Waals surface area (Å²) in [4.78, 5) is 14.7. The van der Waals surface area contributed by atoms with E-state index in [1.807, 2.05) is 31.2 Å². The molecule has 0 saturated carbocycles. The van der Waals surface area contributed by atoms with Crippen LogP contribution in [0.5, 0.6) is 11.5 Å². The molecule has 29 heavy (non-hydrogen) atoms. The fraction of sp³-hybridized carbons (Fsp3) is 0.318. The Kier molecular flexibility index (Phi) is 7.38. The first-order chi connectivity index (χ1) is 14.1. The van der Waals surface area contributed by atoms with Gasteiger partial charge in [-0.05, 0) is 42.8 Å². The fourth-order valence-corrected chi connectivity index (χ4v) is 3.45. The zero-order valence-corrected chi connectivity index (χ0v) is 17.4. The molecule has 0 bridgehead atoms. The second-order valence-electron chi connectivity index (χ2n) is 6.41. The van der Waals surface area contributed by atoms with Crippen LogP contribution in [0.2, 0.25) is 5.02 Å². The number of nitrogens with one attached hydrogen (secondary N) is 1. The lowest BCUT2D eigenvalue weighted by Crippen LogP contribution is -2.36. The number of nitrogens with zero attached hydrogens (tertiary/aromatic N) is 1. The zero-order chi connectivity index (χ0) is 20.6. The summed E-state index contributed by atoms with van der Waals surface area (Å²) >= 11 is 6.27. The van der Waals surface area contributed by atoms with Crippen LogP contribution in [0, 0.1) is 0 Å². The highest BCUT2D eigenvalue weighted by atomic mass is 35.5. The number of ether oxygens (including phenoxy) is 3. The van der Waals surface area contributed by atoms with Crippen LogP contribution in [-0.4, -0.2) is 45.9 Å². The van der Waals surface area contributed by atoms with E-state index in [0.717, 1.165) is 30.0 Å².